The lowest BCUT2D eigenvalue weighted by Gasteiger charge is -2.08. The lowest BCUT2D eigenvalue weighted by atomic mass is 9.93. The normalized spacial score (nSPS) is 18.2. The zero-order valence-corrected chi connectivity index (χ0v) is 14.0. The molecule has 0 N–H and O–H groups in total. The maximum atomic E-state index is 13.8. The Kier molecular flexibility index (Phi) is 3.19. The quantitative estimate of drug-likeness (QED) is 0.338. The molecule has 4 heteroatoms. The van der Waals surface area contributed by atoms with Crippen molar-refractivity contribution in [3.05, 3.63) is 101 Å². The monoisotopic (exact) mass is 350 g/mol. The van der Waals surface area contributed by atoms with Crippen LogP contribution in [-0.4, -0.2) is 10.8 Å². The highest BCUT2D eigenvalue weighted by Gasteiger charge is 2.37. The van der Waals surface area contributed by atoms with E-state index in [0.717, 1.165) is 28.0 Å². The van der Waals surface area contributed by atoms with Gasteiger partial charge in [-0.25, -0.2) is 4.39 Å². The van der Waals surface area contributed by atoms with E-state index in [1.807, 2.05) is 42.5 Å². The zero-order chi connectivity index (χ0) is 18.5. The van der Waals surface area contributed by atoms with Gasteiger partial charge in [0.25, 0.3) is 0 Å². The van der Waals surface area contributed by atoms with Gasteiger partial charge in [-0.2, -0.15) is 5.26 Å². The highest BCUT2D eigenvalue weighted by Crippen LogP contribution is 2.49. The van der Waals surface area contributed by atoms with Crippen molar-refractivity contribution < 1.29 is 9.18 Å². The Morgan fingerprint density at radius 2 is 1.67 bits per heavy atom. The third-order valence-corrected chi connectivity index (χ3v) is 5.00. The zero-order valence-electron chi connectivity index (χ0n) is 14.0. The van der Waals surface area contributed by atoms with Crippen molar-refractivity contribution in [2.45, 2.75) is 0 Å². The minimum absolute atomic E-state index is 0.201. The molecular weight excluding hydrogens is 339 g/mol. The number of Topliss-reactive ketones (excluding diaryl/α,β-unsaturated/α-hetero) is 1. The average Bonchev–Trinajstić information content (AvgIpc) is 3.15. The van der Waals surface area contributed by atoms with Gasteiger partial charge in [-0.15, -0.1) is 0 Å². The molecule has 0 bridgehead atoms. The van der Waals surface area contributed by atoms with Crippen molar-refractivity contribution in [2.24, 2.45) is 0 Å². The number of halogens is 1. The van der Waals surface area contributed by atoms with E-state index in [0.29, 0.717) is 22.3 Å². The third kappa shape index (κ3) is 2.06. The number of aromatic nitrogens is 1. The summed E-state index contributed by atoms with van der Waals surface area (Å²) in [5.41, 5.74) is 6.00. The van der Waals surface area contributed by atoms with Gasteiger partial charge in [0.1, 0.15) is 5.82 Å². The van der Waals surface area contributed by atoms with Gasteiger partial charge < -0.3 is 0 Å². The first-order valence-electron chi connectivity index (χ1n) is 8.45. The van der Waals surface area contributed by atoms with Crippen LogP contribution in [0.25, 0.3) is 22.4 Å². The Bertz CT molecular complexity index is 1210. The van der Waals surface area contributed by atoms with Crippen LogP contribution in [0.4, 0.5) is 4.39 Å². The number of nitrogens with zero attached hydrogens (tertiary/aromatic N) is 2. The summed E-state index contributed by atoms with van der Waals surface area (Å²) in [4.78, 5) is 17.7. The summed E-state index contributed by atoms with van der Waals surface area (Å²) in [5, 5.41) is 9.29. The smallest absolute Gasteiger partial charge is 0.194 e. The number of hydrogen-bond donors (Lipinski definition) is 0. The first kappa shape index (κ1) is 15.4. The van der Waals surface area contributed by atoms with Gasteiger partial charge in [-0.3, -0.25) is 9.78 Å². The van der Waals surface area contributed by atoms with Crippen LogP contribution < -0.4 is 0 Å². The summed E-state index contributed by atoms with van der Waals surface area (Å²) < 4.78 is 13.8. The molecule has 3 aromatic rings. The van der Waals surface area contributed by atoms with E-state index < -0.39 is 5.82 Å². The number of allylic oxidation sites excluding steroid dienone is 3. The molecule has 2 aliphatic carbocycles. The lowest BCUT2D eigenvalue weighted by molar-refractivity contribution is 0.104. The fourth-order valence-electron chi connectivity index (χ4n) is 3.94. The molecular formula is C23H11FN2O. The van der Waals surface area contributed by atoms with Crippen molar-refractivity contribution in [1.82, 2.24) is 4.98 Å². The molecule has 3 nitrogen and oxygen atoms in total. The first-order chi connectivity index (χ1) is 13.2. The van der Waals surface area contributed by atoms with Crippen LogP contribution in [0.3, 0.4) is 0 Å². The van der Waals surface area contributed by atoms with Crippen molar-refractivity contribution in [3.63, 3.8) is 0 Å². The van der Waals surface area contributed by atoms with E-state index in [9.17, 15) is 14.4 Å². The maximum absolute atomic E-state index is 13.8. The molecule has 126 valence electrons. The highest BCUT2D eigenvalue weighted by atomic mass is 19.1. The summed E-state index contributed by atoms with van der Waals surface area (Å²) in [6.07, 6.45) is 3.04. The summed E-state index contributed by atoms with van der Waals surface area (Å²) in [7, 11) is 0. The fraction of sp³-hybridized carbons (Fsp3) is 0. The Morgan fingerprint density at radius 1 is 0.889 bits per heavy atom. The molecule has 0 fully saturated rings. The van der Waals surface area contributed by atoms with Gasteiger partial charge in [0.15, 0.2) is 5.78 Å². The van der Waals surface area contributed by atoms with E-state index in [1.54, 1.807) is 6.20 Å². The topological polar surface area (TPSA) is 53.8 Å². The van der Waals surface area contributed by atoms with Crippen LogP contribution in [0.1, 0.15) is 27.0 Å². The van der Waals surface area contributed by atoms with E-state index in [4.69, 9.17) is 0 Å². The molecule has 2 aromatic carbocycles. The summed E-state index contributed by atoms with van der Waals surface area (Å²) >= 11 is 0. The molecule has 0 unspecified atom stereocenters. The number of rotatable bonds is 0. The molecule has 0 saturated carbocycles. The number of hydrogen-bond acceptors (Lipinski definition) is 3. The summed E-state index contributed by atoms with van der Waals surface area (Å²) in [5.74, 6) is -0.640. The van der Waals surface area contributed by atoms with Crippen LogP contribution in [0, 0.1) is 17.1 Å². The van der Waals surface area contributed by atoms with Gasteiger partial charge in [-0.1, -0.05) is 30.3 Å². The number of carbonyl (C=O) groups is 1. The van der Waals surface area contributed by atoms with E-state index in [2.05, 4.69) is 4.98 Å². The number of benzene rings is 2. The number of fused-ring (bicyclic) bond motifs is 4. The predicted octanol–water partition coefficient (Wildman–Crippen LogP) is 4.81. The highest BCUT2D eigenvalue weighted by molar-refractivity contribution is 6.32. The Morgan fingerprint density at radius 3 is 2.48 bits per heavy atom. The molecule has 0 aliphatic heterocycles. The second kappa shape index (κ2) is 5.58. The SMILES string of the molecule is N#C/C=C1/C(=C2\c3ccccc3-c3ncccc32)C(=O)c2ccc(F)cc21. The van der Waals surface area contributed by atoms with Gasteiger partial charge in [0, 0.05) is 45.7 Å². The van der Waals surface area contributed by atoms with E-state index in [1.165, 1.54) is 24.3 Å². The fourth-order valence-corrected chi connectivity index (χ4v) is 3.94. The number of pyridine rings is 1. The molecule has 1 heterocycles. The van der Waals surface area contributed by atoms with Crippen LogP contribution in [0.15, 0.2) is 72.4 Å². The summed E-state index contributed by atoms with van der Waals surface area (Å²) in [6.45, 7) is 0. The van der Waals surface area contributed by atoms with E-state index in [-0.39, 0.29) is 5.78 Å². The second-order valence-corrected chi connectivity index (χ2v) is 6.40. The van der Waals surface area contributed by atoms with Crippen LogP contribution in [0.2, 0.25) is 0 Å². The van der Waals surface area contributed by atoms with Crippen LogP contribution in [-0.2, 0) is 0 Å². The number of nitriles is 1. The standard InChI is InChI=1S/C23H11FN2O/c24-13-7-8-17-19(12-13)15(9-10-25)21(23(17)27)20-14-4-1-2-5-16(14)22-18(20)6-3-11-26-22/h1-9,11-12H/b15-9+,21-20-. The minimum Gasteiger partial charge on any atom is -0.289 e. The van der Waals surface area contributed by atoms with Crippen LogP contribution in [0.5, 0.6) is 0 Å². The number of ketones is 1. The van der Waals surface area contributed by atoms with E-state index >= 15 is 0 Å². The average molecular weight is 350 g/mol. The molecule has 1 aromatic heterocycles. The van der Waals surface area contributed by atoms with Crippen molar-refractivity contribution >= 4 is 16.9 Å². The lowest BCUT2D eigenvalue weighted by Crippen LogP contribution is -2.00. The largest absolute Gasteiger partial charge is 0.289 e. The van der Waals surface area contributed by atoms with Gasteiger partial charge >= 0.3 is 0 Å². The molecule has 0 amide bonds. The molecule has 0 atom stereocenters. The number of carbonyl (C=O) groups excluding carboxylic acids is 1. The second-order valence-electron chi connectivity index (χ2n) is 6.40. The first-order valence-corrected chi connectivity index (χ1v) is 8.45. The molecule has 0 spiro atoms. The predicted molar refractivity (Wildman–Crippen MR) is 100 cm³/mol. The van der Waals surface area contributed by atoms with Crippen molar-refractivity contribution in [3.8, 4) is 17.3 Å². The molecule has 27 heavy (non-hydrogen) atoms. The maximum Gasteiger partial charge on any atom is 0.194 e. The van der Waals surface area contributed by atoms with Gasteiger partial charge in [0.05, 0.1) is 11.8 Å². The molecule has 5 rings (SSSR count). The van der Waals surface area contributed by atoms with Crippen LogP contribution >= 0.6 is 0 Å². The Labute approximate surface area is 154 Å². The van der Waals surface area contributed by atoms with Gasteiger partial charge in [0.2, 0.25) is 0 Å². The molecule has 0 saturated heterocycles. The van der Waals surface area contributed by atoms with Crippen molar-refractivity contribution in [1.29, 1.82) is 5.26 Å². The minimum atomic E-state index is -0.439. The Hall–Kier alpha value is -3.84. The summed E-state index contributed by atoms with van der Waals surface area (Å²) in [6, 6.07) is 17.6. The Balaban J connectivity index is 1.92. The third-order valence-electron chi connectivity index (χ3n) is 5.00. The molecule has 2 aliphatic rings. The van der Waals surface area contributed by atoms with Crippen molar-refractivity contribution in [2.75, 3.05) is 0 Å². The molecule has 0 radical (unpaired) electrons. The van der Waals surface area contributed by atoms with Gasteiger partial charge in [-0.05, 0) is 35.4 Å².